The van der Waals surface area contributed by atoms with Crippen LogP contribution in [0.3, 0.4) is 0 Å². The van der Waals surface area contributed by atoms with Crippen molar-refractivity contribution in [3.8, 4) is 11.5 Å². The van der Waals surface area contributed by atoms with Crippen LogP contribution in [0.15, 0.2) is 33.8 Å². The van der Waals surface area contributed by atoms with Crippen molar-refractivity contribution in [3.05, 3.63) is 39.4 Å². The summed E-state index contributed by atoms with van der Waals surface area (Å²) in [6, 6.07) is 5.91. The Morgan fingerprint density at radius 2 is 1.75 bits per heavy atom. The normalized spacial score (nSPS) is 18.2. The van der Waals surface area contributed by atoms with Gasteiger partial charge in [0.1, 0.15) is 0 Å². The molecular formula is C16H16Cl2O2. The predicted octanol–water partition coefficient (Wildman–Crippen LogP) is 5.31. The maximum absolute atomic E-state index is 6.48. The molecule has 1 aliphatic heterocycles. The molecule has 0 saturated heterocycles. The van der Waals surface area contributed by atoms with Crippen LogP contribution in [0.1, 0.15) is 32.3 Å². The Kier molecular flexibility index (Phi) is 3.70. The van der Waals surface area contributed by atoms with Gasteiger partial charge in [-0.1, -0.05) is 43.1 Å². The van der Waals surface area contributed by atoms with E-state index in [9.17, 15) is 0 Å². The molecule has 1 aliphatic carbocycles. The van der Waals surface area contributed by atoms with Gasteiger partial charge >= 0.3 is 0 Å². The Bertz CT molecular complexity index is 615. The van der Waals surface area contributed by atoms with Gasteiger partial charge in [-0.25, -0.2) is 0 Å². The molecule has 0 N–H and O–H groups in total. The van der Waals surface area contributed by atoms with E-state index in [1.54, 1.807) is 0 Å². The fourth-order valence-corrected chi connectivity index (χ4v) is 3.40. The SMILES string of the molecule is CC(C)C1=C(Cl)C(Cl)=C(c2ccc3c(c2)OCO3)CC1. The minimum Gasteiger partial charge on any atom is -0.454 e. The third-order valence-corrected chi connectivity index (χ3v) is 4.75. The van der Waals surface area contributed by atoms with Crippen LogP contribution >= 0.6 is 23.2 Å². The molecular weight excluding hydrogens is 295 g/mol. The zero-order valence-electron chi connectivity index (χ0n) is 11.5. The molecule has 20 heavy (non-hydrogen) atoms. The summed E-state index contributed by atoms with van der Waals surface area (Å²) in [6.07, 6.45) is 1.86. The van der Waals surface area contributed by atoms with E-state index in [1.807, 2.05) is 18.2 Å². The van der Waals surface area contributed by atoms with E-state index in [0.717, 1.165) is 35.5 Å². The van der Waals surface area contributed by atoms with Crippen molar-refractivity contribution in [1.82, 2.24) is 0 Å². The summed E-state index contributed by atoms with van der Waals surface area (Å²) >= 11 is 12.9. The molecule has 106 valence electrons. The Labute approximate surface area is 129 Å². The number of fused-ring (bicyclic) bond motifs is 1. The Morgan fingerprint density at radius 3 is 2.50 bits per heavy atom. The first-order valence-electron chi connectivity index (χ1n) is 6.75. The van der Waals surface area contributed by atoms with Crippen molar-refractivity contribution in [2.45, 2.75) is 26.7 Å². The van der Waals surface area contributed by atoms with Crippen molar-refractivity contribution < 1.29 is 9.47 Å². The summed E-state index contributed by atoms with van der Waals surface area (Å²) in [4.78, 5) is 0. The summed E-state index contributed by atoms with van der Waals surface area (Å²) in [5.41, 5.74) is 3.38. The van der Waals surface area contributed by atoms with Crippen LogP contribution in [0.2, 0.25) is 0 Å². The fourth-order valence-electron chi connectivity index (χ4n) is 2.65. The van der Waals surface area contributed by atoms with Crippen molar-refractivity contribution in [2.24, 2.45) is 5.92 Å². The lowest BCUT2D eigenvalue weighted by atomic mass is 9.88. The smallest absolute Gasteiger partial charge is 0.231 e. The van der Waals surface area contributed by atoms with Gasteiger partial charge in [0.2, 0.25) is 6.79 Å². The van der Waals surface area contributed by atoms with Crippen LogP contribution in [0.5, 0.6) is 11.5 Å². The van der Waals surface area contributed by atoms with Gasteiger partial charge in [-0.15, -0.1) is 0 Å². The summed E-state index contributed by atoms with van der Waals surface area (Å²) in [7, 11) is 0. The monoisotopic (exact) mass is 310 g/mol. The molecule has 2 aliphatic rings. The summed E-state index contributed by atoms with van der Waals surface area (Å²) in [6.45, 7) is 4.57. The number of benzene rings is 1. The Balaban J connectivity index is 2.02. The van der Waals surface area contributed by atoms with Crippen molar-refractivity contribution in [1.29, 1.82) is 0 Å². The first-order chi connectivity index (χ1) is 9.58. The zero-order valence-corrected chi connectivity index (χ0v) is 13.0. The average molecular weight is 311 g/mol. The van der Waals surface area contributed by atoms with Crippen LogP contribution in [0, 0.1) is 5.92 Å². The average Bonchev–Trinajstić information content (AvgIpc) is 2.88. The topological polar surface area (TPSA) is 18.5 Å². The molecule has 2 nitrogen and oxygen atoms in total. The summed E-state index contributed by atoms with van der Waals surface area (Å²) in [5, 5.41) is 1.38. The van der Waals surface area contributed by atoms with Crippen LogP contribution in [-0.2, 0) is 0 Å². The Morgan fingerprint density at radius 1 is 1.00 bits per heavy atom. The molecule has 1 aromatic carbocycles. The number of hydrogen-bond acceptors (Lipinski definition) is 2. The van der Waals surface area contributed by atoms with Gasteiger partial charge in [0, 0.05) is 0 Å². The van der Waals surface area contributed by atoms with E-state index in [1.165, 1.54) is 5.57 Å². The first kappa shape index (κ1) is 13.8. The second-order valence-corrected chi connectivity index (χ2v) is 6.11. The van der Waals surface area contributed by atoms with E-state index in [0.29, 0.717) is 16.0 Å². The van der Waals surface area contributed by atoms with Crippen LogP contribution in [0.25, 0.3) is 5.57 Å². The molecule has 1 aromatic rings. The number of halogens is 2. The molecule has 0 spiro atoms. The third kappa shape index (κ3) is 2.32. The third-order valence-electron chi connectivity index (χ3n) is 3.80. The molecule has 0 unspecified atom stereocenters. The highest BCUT2D eigenvalue weighted by molar-refractivity contribution is 6.46. The lowest BCUT2D eigenvalue weighted by Crippen LogP contribution is -2.04. The number of allylic oxidation sites excluding steroid dienone is 4. The van der Waals surface area contributed by atoms with Gasteiger partial charge in [-0.05, 0) is 47.6 Å². The van der Waals surface area contributed by atoms with Crippen molar-refractivity contribution >= 4 is 28.8 Å². The van der Waals surface area contributed by atoms with Crippen LogP contribution in [-0.4, -0.2) is 6.79 Å². The second kappa shape index (κ2) is 5.34. The second-order valence-electron chi connectivity index (χ2n) is 5.35. The number of hydrogen-bond donors (Lipinski definition) is 0. The van der Waals surface area contributed by atoms with Gasteiger partial charge in [0.15, 0.2) is 11.5 Å². The van der Waals surface area contributed by atoms with Crippen molar-refractivity contribution in [3.63, 3.8) is 0 Å². The largest absolute Gasteiger partial charge is 0.454 e. The lowest BCUT2D eigenvalue weighted by molar-refractivity contribution is 0.174. The van der Waals surface area contributed by atoms with Crippen LogP contribution < -0.4 is 9.47 Å². The van der Waals surface area contributed by atoms with E-state index >= 15 is 0 Å². The van der Waals surface area contributed by atoms with E-state index in [2.05, 4.69) is 13.8 Å². The molecule has 0 aromatic heterocycles. The molecule has 1 heterocycles. The number of ether oxygens (including phenoxy) is 2. The first-order valence-corrected chi connectivity index (χ1v) is 7.51. The molecule has 0 amide bonds. The summed E-state index contributed by atoms with van der Waals surface area (Å²) < 4.78 is 10.7. The minimum absolute atomic E-state index is 0.281. The maximum atomic E-state index is 6.48. The molecule has 4 heteroatoms. The van der Waals surface area contributed by atoms with Gasteiger partial charge < -0.3 is 9.47 Å². The van der Waals surface area contributed by atoms with E-state index in [4.69, 9.17) is 32.7 Å². The zero-order chi connectivity index (χ0) is 14.3. The molecule has 0 radical (unpaired) electrons. The number of rotatable bonds is 2. The highest BCUT2D eigenvalue weighted by Gasteiger charge is 2.23. The summed E-state index contributed by atoms with van der Waals surface area (Å²) in [5.74, 6) is 1.98. The standard InChI is InChI=1S/C16H16Cl2O2/c1-9(2)11-4-5-12(16(18)15(11)17)10-3-6-13-14(7-10)20-8-19-13/h3,6-7,9H,4-5,8H2,1-2H3. The van der Waals surface area contributed by atoms with Gasteiger partial charge in [-0.3, -0.25) is 0 Å². The molecule has 0 fully saturated rings. The molecule has 3 rings (SSSR count). The minimum atomic E-state index is 0.281. The fraction of sp³-hybridized carbons (Fsp3) is 0.375. The maximum Gasteiger partial charge on any atom is 0.231 e. The van der Waals surface area contributed by atoms with E-state index in [-0.39, 0.29) is 6.79 Å². The molecule has 0 saturated carbocycles. The highest BCUT2D eigenvalue weighted by Crippen LogP contribution is 2.44. The quantitative estimate of drug-likeness (QED) is 0.737. The van der Waals surface area contributed by atoms with Crippen LogP contribution in [0.4, 0.5) is 0 Å². The van der Waals surface area contributed by atoms with Gasteiger partial charge in [-0.2, -0.15) is 0 Å². The van der Waals surface area contributed by atoms with Gasteiger partial charge in [0.05, 0.1) is 10.1 Å². The van der Waals surface area contributed by atoms with E-state index < -0.39 is 0 Å². The lowest BCUT2D eigenvalue weighted by Gasteiger charge is -2.22. The molecule has 0 bridgehead atoms. The molecule has 0 atom stereocenters. The Hall–Kier alpha value is -1.12. The van der Waals surface area contributed by atoms with Crippen molar-refractivity contribution in [2.75, 3.05) is 6.79 Å². The van der Waals surface area contributed by atoms with Gasteiger partial charge in [0.25, 0.3) is 0 Å². The highest BCUT2D eigenvalue weighted by atomic mass is 35.5. The predicted molar refractivity (Wildman–Crippen MR) is 82.3 cm³/mol.